The van der Waals surface area contributed by atoms with Gasteiger partial charge >= 0.3 is 0 Å². The fraction of sp³-hybridized carbons (Fsp3) is 0.133. The lowest BCUT2D eigenvalue weighted by Gasteiger charge is -2.06. The summed E-state index contributed by atoms with van der Waals surface area (Å²) in [5.74, 6) is 0.582. The molecule has 1 aromatic carbocycles. The molecule has 3 rings (SSSR count). The van der Waals surface area contributed by atoms with E-state index in [1.54, 1.807) is 29.3 Å². The first kappa shape index (κ1) is 14.0. The zero-order valence-electron chi connectivity index (χ0n) is 11.7. The molecule has 0 aliphatic heterocycles. The van der Waals surface area contributed by atoms with Gasteiger partial charge in [0, 0.05) is 27.9 Å². The fourth-order valence-corrected chi connectivity index (χ4v) is 3.03. The van der Waals surface area contributed by atoms with Crippen LogP contribution in [0.15, 0.2) is 47.6 Å². The van der Waals surface area contributed by atoms with E-state index in [2.05, 4.69) is 38.7 Å². The van der Waals surface area contributed by atoms with Gasteiger partial charge in [0.1, 0.15) is 10.7 Å². The summed E-state index contributed by atoms with van der Waals surface area (Å²) >= 11 is 3.34. The largest absolute Gasteiger partial charge is 0.324 e. The van der Waals surface area contributed by atoms with Crippen LogP contribution in [0.4, 0.5) is 11.6 Å². The van der Waals surface area contributed by atoms with Crippen molar-refractivity contribution in [1.29, 1.82) is 0 Å². The summed E-state index contributed by atoms with van der Waals surface area (Å²) in [6.45, 7) is 2.04. The number of benzene rings is 1. The normalized spacial score (nSPS) is 10.6. The SMILES string of the molecule is CSc1cccc(Nc2nccc(-c3ncc(C)s3)n2)c1. The third-order valence-electron chi connectivity index (χ3n) is 2.82. The molecule has 2 aromatic heterocycles. The number of thioether (sulfide) groups is 1. The molecule has 0 amide bonds. The number of hydrogen-bond donors (Lipinski definition) is 1. The summed E-state index contributed by atoms with van der Waals surface area (Å²) in [7, 11) is 0. The van der Waals surface area contributed by atoms with Crippen LogP contribution in [-0.4, -0.2) is 21.2 Å². The van der Waals surface area contributed by atoms with Gasteiger partial charge in [0.2, 0.25) is 5.95 Å². The van der Waals surface area contributed by atoms with Gasteiger partial charge in [0.05, 0.1) is 0 Å². The van der Waals surface area contributed by atoms with Crippen molar-refractivity contribution < 1.29 is 0 Å². The van der Waals surface area contributed by atoms with E-state index in [0.717, 1.165) is 16.4 Å². The molecule has 3 aromatic rings. The Bertz CT molecular complexity index is 755. The topological polar surface area (TPSA) is 50.7 Å². The minimum Gasteiger partial charge on any atom is -0.324 e. The van der Waals surface area contributed by atoms with Crippen LogP contribution in [0.5, 0.6) is 0 Å². The van der Waals surface area contributed by atoms with Crippen LogP contribution < -0.4 is 5.32 Å². The van der Waals surface area contributed by atoms with Crippen molar-refractivity contribution in [3.63, 3.8) is 0 Å². The summed E-state index contributed by atoms with van der Waals surface area (Å²) in [6.07, 6.45) is 5.66. The Hall–Kier alpha value is -1.92. The standard InChI is InChI=1S/C15H14N4S2/c1-10-9-17-14(21-10)13-6-7-16-15(19-13)18-11-4-3-5-12(8-11)20-2/h3-9H,1-2H3,(H,16,18,19). The molecule has 1 N–H and O–H groups in total. The highest BCUT2D eigenvalue weighted by Crippen LogP contribution is 2.25. The maximum absolute atomic E-state index is 4.53. The molecule has 0 atom stereocenters. The van der Waals surface area contributed by atoms with E-state index in [-0.39, 0.29) is 0 Å². The third kappa shape index (κ3) is 3.40. The Kier molecular flexibility index (Phi) is 4.17. The van der Waals surface area contributed by atoms with Crippen molar-refractivity contribution in [1.82, 2.24) is 15.0 Å². The summed E-state index contributed by atoms with van der Waals surface area (Å²) in [6, 6.07) is 10.0. The number of aromatic nitrogens is 3. The fourth-order valence-electron chi connectivity index (χ4n) is 1.84. The maximum Gasteiger partial charge on any atom is 0.227 e. The van der Waals surface area contributed by atoms with Crippen molar-refractivity contribution in [3.8, 4) is 10.7 Å². The van der Waals surface area contributed by atoms with Gasteiger partial charge in [-0.1, -0.05) is 6.07 Å². The van der Waals surface area contributed by atoms with Crippen molar-refractivity contribution in [2.45, 2.75) is 11.8 Å². The molecule has 0 saturated heterocycles. The van der Waals surface area contributed by atoms with Gasteiger partial charge < -0.3 is 5.32 Å². The molecule has 0 aliphatic rings. The molecule has 2 heterocycles. The van der Waals surface area contributed by atoms with Crippen LogP contribution in [0, 0.1) is 6.92 Å². The molecular weight excluding hydrogens is 300 g/mol. The molecule has 0 spiro atoms. The highest BCUT2D eigenvalue weighted by atomic mass is 32.2. The van der Waals surface area contributed by atoms with Crippen LogP contribution >= 0.6 is 23.1 Å². The number of aryl methyl sites for hydroxylation is 1. The molecule has 0 fully saturated rings. The van der Waals surface area contributed by atoms with E-state index in [9.17, 15) is 0 Å². The Morgan fingerprint density at radius 3 is 2.86 bits per heavy atom. The summed E-state index contributed by atoms with van der Waals surface area (Å²) in [5, 5.41) is 4.15. The zero-order valence-corrected chi connectivity index (χ0v) is 13.3. The van der Waals surface area contributed by atoms with E-state index < -0.39 is 0 Å². The first-order chi connectivity index (χ1) is 10.2. The van der Waals surface area contributed by atoms with E-state index in [1.165, 1.54) is 9.77 Å². The number of hydrogen-bond acceptors (Lipinski definition) is 6. The summed E-state index contributed by atoms with van der Waals surface area (Å²) in [5.41, 5.74) is 1.82. The molecule has 0 aliphatic carbocycles. The zero-order chi connectivity index (χ0) is 14.7. The second-order valence-electron chi connectivity index (χ2n) is 4.40. The summed E-state index contributed by atoms with van der Waals surface area (Å²) < 4.78 is 0. The Morgan fingerprint density at radius 2 is 2.10 bits per heavy atom. The van der Waals surface area contributed by atoms with Crippen LogP contribution in [0.2, 0.25) is 0 Å². The number of rotatable bonds is 4. The highest BCUT2D eigenvalue weighted by molar-refractivity contribution is 7.98. The minimum atomic E-state index is 0.582. The van der Waals surface area contributed by atoms with Crippen LogP contribution in [0.1, 0.15) is 4.88 Å². The van der Waals surface area contributed by atoms with Crippen molar-refractivity contribution in [2.75, 3.05) is 11.6 Å². The van der Waals surface area contributed by atoms with Crippen LogP contribution in [0.3, 0.4) is 0 Å². The molecule has 21 heavy (non-hydrogen) atoms. The first-order valence-corrected chi connectivity index (χ1v) is 8.45. The van der Waals surface area contributed by atoms with Gasteiger partial charge in [0.25, 0.3) is 0 Å². The molecule has 106 valence electrons. The average molecular weight is 314 g/mol. The highest BCUT2D eigenvalue weighted by Gasteiger charge is 2.06. The molecule has 0 bridgehead atoms. The second-order valence-corrected chi connectivity index (χ2v) is 6.51. The quantitative estimate of drug-likeness (QED) is 0.724. The van der Waals surface area contributed by atoms with Gasteiger partial charge in [-0.2, -0.15) is 0 Å². The lowest BCUT2D eigenvalue weighted by molar-refractivity contribution is 1.16. The molecule has 0 saturated carbocycles. The Labute approximate surface area is 131 Å². The molecule has 4 nitrogen and oxygen atoms in total. The number of anilines is 2. The van der Waals surface area contributed by atoms with Gasteiger partial charge in [-0.3, -0.25) is 0 Å². The smallest absolute Gasteiger partial charge is 0.227 e. The third-order valence-corrected chi connectivity index (χ3v) is 4.48. The van der Waals surface area contributed by atoms with Crippen molar-refractivity contribution >= 4 is 34.7 Å². The minimum absolute atomic E-state index is 0.582. The maximum atomic E-state index is 4.53. The predicted octanol–water partition coefficient (Wildman–Crippen LogP) is 4.37. The van der Waals surface area contributed by atoms with E-state index in [1.807, 2.05) is 31.3 Å². The molecule has 0 unspecified atom stereocenters. The monoisotopic (exact) mass is 314 g/mol. The van der Waals surface area contributed by atoms with Crippen molar-refractivity contribution in [2.24, 2.45) is 0 Å². The van der Waals surface area contributed by atoms with Crippen LogP contribution in [0.25, 0.3) is 10.7 Å². The molecule has 0 radical (unpaired) electrons. The first-order valence-electron chi connectivity index (χ1n) is 6.41. The van der Waals surface area contributed by atoms with Crippen LogP contribution in [-0.2, 0) is 0 Å². The lowest BCUT2D eigenvalue weighted by Crippen LogP contribution is -1.97. The number of nitrogens with zero attached hydrogens (tertiary/aromatic N) is 3. The predicted molar refractivity (Wildman–Crippen MR) is 89.4 cm³/mol. The van der Waals surface area contributed by atoms with Gasteiger partial charge in [-0.15, -0.1) is 23.1 Å². The van der Waals surface area contributed by atoms with E-state index in [4.69, 9.17) is 0 Å². The summed E-state index contributed by atoms with van der Waals surface area (Å²) in [4.78, 5) is 15.5. The van der Waals surface area contributed by atoms with Crippen molar-refractivity contribution in [3.05, 3.63) is 47.6 Å². The molecular formula is C15H14N4S2. The Balaban J connectivity index is 1.86. The second kappa shape index (κ2) is 6.24. The van der Waals surface area contributed by atoms with Gasteiger partial charge in [-0.05, 0) is 37.4 Å². The average Bonchev–Trinajstić information content (AvgIpc) is 2.94. The molecule has 6 heteroatoms. The lowest BCUT2D eigenvalue weighted by atomic mass is 10.3. The van der Waals surface area contributed by atoms with E-state index in [0.29, 0.717) is 5.95 Å². The number of nitrogens with one attached hydrogen (secondary N) is 1. The van der Waals surface area contributed by atoms with E-state index >= 15 is 0 Å². The van der Waals surface area contributed by atoms with Gasteiger partial charge in [-0.25, -0.2) is 15.0 Å². The Morgan fingerprint density at radius 1 is 1.19 bits per heavy atom. The number of thiazole rings is 1. The van der Waals surface area contributed by atoms with Gasteiger partial charge in [0.15, 0.2) is 0 Å².